The average molecular weight is 667 g/mol. The van der Waals surface area contributed by atoms with Crippen molar-refractivity contribution in [2.45, 2.75) is 50.4 Å². The van der Waals surface area contributed by atoms with Gasteiger partial charge in [-0.2, -0.15) is 4.39 Å². The van der Waals surface area contributed by atoms with Gasteiger partial charge >= 0.3 is 14.4 Å². The largest absolute Gasteiger partial charge is 0.472 e. The van der Waals surface area contributed by atoms with Crippen LogP contribution in [0.2, 0.25) is 0 Å². The Morgan fingerprint density at radius 2 is 1.98 bits per heavy atom. The number of hydrogen-bond donors (Lipinski definition) is 5. The van der Waals surface area contributed by atoms with E-state index in [9.17, 15) is 33.2 Å². The number of H-pyrrole nitrogens is 1. The summed E-state index contributed by atoms with van der Waals surface area (Å²) in [6.45, 7) is -2.59. The van der Waals surface area contributed by atoms with Gasteiger partial charge in [-0.05, 0) is 6.92 Å². The van der Waals surface area contributed by atoms with Crippen molar-refractivity contribution in [2.24, 2.45) is 0 Å². The van der Waals surface area contributed by atoms with E-state index >= 15 is 4.39 Å². The number of nitrogen functional groups attached to an aromatic ring is 1. The first-order chi connectivity index (χ1) is 20.9. The summed E-state index contributed by atoms with van der Waals surface area (Å²) in [5.74, 6) is 0.00930. The van der Waals surface area contributed by atoms with Gasteiger partial charge in [0.25, 0.3) is 5.56 Å². The van der Waals surface area contributed by atoms with Crippen molar-refractivity contribution in [2.75, 3.05) is 18.7 Å². The Kier molecular flexibility index (Phi) is 9.47. The van der Waals surface area contributed by atoms with E-state index in [-0.39, 0.29) is 28.1 Å². The molecule has 4 unspecified atom stereocenters. The van der Waals surface area contributed by atoms with Gasteiger partial charge in [-0.1, -0.05) is 0 Å². The van der Waals surface area contributed by atoms with Crippen LogP contribution in [-0.2, 0) is 32.4 Å². The summed E-state index contributed by atoms with van der Waals surface area (Å²) in [5, 5.41) is 9.22. The summed E-state index contributed by atoms with van der Waals surface area (Å²) >= 11 is 0. The molecule has 24 heteroatoms. The highest BCUT2D eigenvalue weighted by atomic mass is 31.2. The van der Waals surface area contributed by atoms with E-state index in [1.807, 2.05) is 0 Å². The molecule has 4 aromatic heterocycles. The molecule has 44 heavy (non-hydrogen) atoms. The molecule has 5 rings (SSSR count). The summed E-state index contributed by atoms with van der Waals surface area (Å²) in [6.07, 6.45) is -6.25. The second-order valence-electron chi connectivity index (χ2n) is 9.21. The number of aromatic nitrogens is 8. The topological polar surface area (TPSA) is 274 Å². The van der Waals surface area contributed by atoms with Crippen LogP contribution in [0, 0.1) is 0 Å². The van der Waals surface area contributed by atoms with E-state index < -0.39 is 77.8 Å². The van der Waals surface area contributed by atoms with Crippen LogP contribution >= 0.6 is 15.9 Å². The van der Waals surface area contributed by atoms with Gasteiger partial charge in [-0.25, -0.2) is 33.9 Å². The zero-order valence-electron chi connectivity index (χ0n) is 22.3. The average Bonchev–Trinajstić information content (AvgIpc) is 3.65. The van der Waals surface area contributed by atoms with Gasteiger partial charge in [0.2, 0.25) is 8.03 Å². The molecule has 1 fully saturated rings. The van der Waals surface area contributed by atoms with Crippen molar-refractivity contribution in [3.63, 3.8) is 0 Å². The third-order valence-corrected chi connectivity index (χ3v) is 7.81. The number of nitrogens with two attached hydrogens (primary N) is 1. The SMILES string of the molecule is C[C@H](OP(=O)(O)OC[C@H]1O[C@@H](n2cnc3c(N)ncnc32)C(F)[C@H]1OC[PH](=O)O)[C@@H](OC(O)F)n1cnc2c(=O)[nH]cnc21. The number of halogens is 2. The second-order valence-corrected chi connectivity index (χ2v) is 11.7. The fourth-order valence-corrected chi connectivity index (χ4v) is 5.76. The first-order valence-electron chi connectivity index (χ1n) is 12.5. The van der Waals surface area contributed by atoms with Gasteiger partial charge in [-0.15, -0.1) is 0 Å². The highest BCUT2D eigenvalue weighted by Crippen LogP contribution is 2.48. The monoisotopic (exact) mass is 667 g/mol. The van der Waals surface area contributed by atoms with Crippen molar-refractivity contribution < 1.29 is 56.1 Å². The smallest absolute Gasteiger partial charge is 0.382 e. The number of imidazole rings is 2. The van der Waals surface area contributed by atoms with Crippen LogP contribution in [-0.4, -0.2) is 97.9 Å². The zero-order valence-corrected chi connectivity index (χ0v) is 24.2. The van der Waals surface area contributed by atoms with Gasteiger partial charge < -0.3 is 35.1 Å². The number of phosphoric ester groups is 1. The highest BCUT2D eigenvalue weighted by Gasteiger charge is 2.49. The fourth-order valence-electron chi connectivity index (χ4n) is 4.50. The number of nitrogens with one attached hydrogen (secondary N) is 1. The van der Waals surface area contributed by atoms with Gasteiger partial charge in [0.15, 0.2) is 41.3 Å². The number of fused-ring (bicyclic) bond motifs is 2. The third kappa shape index (κ3) is 6.69. The highest BCUT2D eigenvalue weighted by molar-refractivity contribution is 7.47. The summed E-state index contributed by atoms with van der Waals surface area (Å²) in [6, 6.07) is 0. The summed E-state index contributed by atoms with van der Waals surface area (Å²) < 4.78 is 81.4. The number of phosphoric acid groups is 1. The molecule has 1 saturated heterocycles. The van der Waals surface area contributed by atoms with Crippen LogP contribution in [0.1, 0.15) is 19.4 Å². The molecule has 0 aliphatic carbocycles. The molecule has 9 atom stereocenters. The Labute approximate surface area is 244 Å². The van der Waals surface area contributed by atoms with Crippen molar-refractivity contribution in [1.29, 1.82) is 0 Å². The Hall–Kier alpha value is -3.30. The minimum Gasteiger partial charge on any atom is -0.382 e. The molecule has 0 radical (unpaired) electrons. The van der Waals surface area contributed by atoms with Crippen LogP contribution in [0.3, 0.4) is 0 Å². The molecule has 240 valence electrons. The molecule has 0 spiro atoms. The minimum atomic E-state index is -5.11. The van der Waals surface area contributed by atoms with Crippen molar-refractivity contribution in [3.05, 3.63) is 35.7 Å². The van der Waals surface area contributed by atoms with E-state index in [1.54, 1.807) is 0 Å². The Balaban J connectivity index is 1.33. The van der Waals surface area contributed by atoms with E-state index in [2.05, 4.69) is 29.9 Å². The predicted octanol–water partition coefficient (Wildman–Crippen LogP) is -0.130. The summed E-state index contributed by atoms with van der Waals surface area (Å²) in [4.78, 5) is 53.6. The molecule has 5 heterocycles. The Morgan fingerprint density at radius 1 is 1.23 bits per heavy atom. The fraction of sp³-hybridized carbons (Fsp3) is 0.500. The molecule has 1 aliphatic heterocycles. The number of ether oxygens (including phenoxy) is 3. The number of nitrogens with zero attached hydrogens (tertiary/aromatic N) is 7. The Morgan fingerprint density at radius 3 is 2.70 bits per heavy atom. The lowest BCUT2D eigenvalue weighted by molar-refractivity contribution is -0.246. The number of rotatable bonds is 13. The molecule has 0 bridgehead atoms. The van der Waals surface area contributed by atoms with Gasteiger partial charge in [0, 0.05) is 0 Å². The maximum atomic E-state index is 15.6. The van der Waals surface area contributed by atoms with E-state index in [0.717, 1.165) is 30.5 Å². The van der Waals surface area contributed by atoms with Crippen LogP contribution in [0.5, 0.6) is 0 Å². The lowest BCUT2D eigenvalue weighted by Gasteiger charge is -2.27. The normalized spacial score (nSPS) is 24.8. The molecule has 20 nitrogen and oxygen atoms in total. The first-order valence-corrected chi connectivity index (χ1v) is 15.5. The zero-order chi connectivity index (χ0) is 31.8. The van der Waals surface area contributed by atoms with Crippen LogP contribution in [0.4, 0.5) is 14.6 Å². The number of alkyl halides is 2. The molecule has 1 aliphatic rings. The number of hydrogen-bond acceptors (Lipinski definition) is 15. The van der Waals surface area contributed by atoms with Crippen molar-refractivity contribution in [3.8, 4) is 0 Å². The summed E-state index contributed by atoms with van der Waals surface area (Å²) in [7, 11) is -8.32. The lowest BCUT2D eigenvalue weighted by atomic mass is 10.1. The van der Waals surface area contributed by atoms with Crippen molar-refractivity contribution >= 4 is 44.0 Å². The van der Waals surface area contributed by atoms with Crippen LogP contribution < -0.4 is 11.3 Å². The second kappa shape index (κ2) is 13.0. The van der Waals surface area contributed by atoms with E-state index in [0.29, 0.717) is 0 Å². The molecule has 0 amide bonds. The maximum Gasteiger partial charge on any atom is 0.472 e. The third-order valence-electron chi connectivity index (χ3n) is 6.32. The quantitative estimate of drug-likeness (QED) is 0.0917. The van der Waals surface area contributed by atoms with E-state index in [1.165, 1.54) is 10.9 Å². The molecule has 0 saturated carbocycles. The minimum absolute atomic E-state index is 0.00930. The van der Waals surface area contributed by atoms with Crippen LogP contribution in [0.25, 0.3) is 22.3 Å². The molecule has 6 N–H and O–H groups in total. The van der Waals surface area contributed by atoms with Gasteiger partial charge in [0.1, 0.15) is 36.5 Å². The molecular formula is C20H25F2N9O11P2. The van der Waals surface area contributed by atoms with Gasteiger partial charge in [-0.3, -0.25) is 32.3 Å². The summed E-state index contributed by atoms with van der Waals surface area (Å²) in [5.41, 5.74) is 5.05. The lowest BCUT2D eigenvalue weighted by Crippen LogP contribution is -2.34. The standard InChI is InChI=1S/C20H25F2N9O11P2/c1-8(18(41-20(22)33)30-6-29-12-16(30)26-4-27-17(12)32)42-44(36,37)39-2-9-13(38-7-43(34)35)10(21)19(40-9)31-5-28-11-14(23)24-3-25-15(11)31/h3-6,8-10,13,18-20,33,43H,2,7H2,1H3,(H,34,35)(H,36,37)(H2,23,24,25)(H,26,27,32)/t8-,9+,10?,13-,18+,19+,20?/m0/s1. The molecule has 0 aromatic carbocycles. The first kappa shape index (κ1) is 32.1. The Bertz CT molecular complexity index is 1760. The number of aliphatic hydroxyl groups is 1. The number of aliphatic hydroxyl groups excluding tert-OH is 1. The number of anilines is 1. The van der Waals surface area contributed by atoms with Crippen LogP contribution in [0.15, 0.2) is 30.1 Å². The van der Waals surface area contributed by atoms with Crippen molar-refractivity contribution in [1.82, 2.24) is 39.0 Å². The predicted molar refractivity (Wildman–Crippen MR) is 141 cm³/mol. The molecular weight excluding hydrogens is 642 g/mol. The number of aromatic amines is 1. The molecule has 4 aromatic rings. The van der Waals surface area contributed by atoms with Gasteiger partial charge in [0.05, 0.1) is 25.6 Å². The maximum absolute atomic E-state index is 15.6. The van der Waals surface area contributed by atoms with E-state index in [4.69, 9.17) is 29.0 Å².